The summed E-state index contributed by atoms with van der Waals surface area (Å²) >= 11 is 0. The van der Waals surface area contributed by atoms with Crippen molar-refractivity contribution in [2.24, 2.45) is 23.7 Å². The van der Waals surface area contributed by atoms with E-state index in [1.165, 1.54) is 24.8 Å². The second kappa shape index (κ2) is 6.81. The molecule has 2 fully saturated rings. The SMILES string of the molecule is O=C(NC1CCCCC1)C1C2C=CC(C2)C1C(=O)N1CCc2ccccc21. The van der Waals surface area contributed by atoms with E-state index in [1.807, 2.05) is 23.1 Å². The Hall–Kier alpha value is -2.10. The summed E-state index contributed by atoms with van der Waals surface area (Å²) in [6, 6.07) is 8.49. The van der Waals surface area contributed by atoms with Crippen LogP contribution in [0.25, 0.3) is 0 Å². The summed E-state index contributed by atoms with van der Waals surface area (Å²) < 4.78 is 0. The number of rotatable bonds is 3. The van der Waals surface area contributed by atoms with Crippen molar-refractivity contribution in [2.45, 2.75) is 51.0 Å². The smallest absolute Gasteiger partial charge is 0.231 e. The molecular formula is C23H28N2O2. The zero-order chi connectivity index (χ0) is 18.4. The van der Waals surface area contributed by atoms with E-state index in [0.717, 1.165) is 37.9 Å². The number of carbonyl (C=O) groups excluding carboxylic acids is 2. The molecule has 2 bridgehead atoms. The van der Waals surface area contributed by atoms with Crippen LogP contribution in [-0.2, 0) is 16.0 Å². The molecule has 4 heteroatoms. The molecule has 1 aliphatic heterocycles. The standard InChI is InChI=1S/C23H28N2O2/c26-22(24-18-7-2-1-3-8-18)20-16-10-11-17(14-16)21(20)23(27)25-13-12-15-6-4-5-9-19(15)25/h4-6,9-11,16-18,20-21H,1-3,7-8,12-14H2,(H,24,26). The lowest BCUT2D eigenvalue weighted by atomic mass is 9.81. The van der Waals surface area contributed by atoms with Gasteiger partial charge in [-0.3, -0.25) is 9.59 Å². The lowest BCUT2D eigenvalue weighted by molar-refractivity contribution is -0.134. The van der Waals surface area contributed by atoms with E-state index in [-0.39, 0.29) is 35.5 Å². The van der Waals surface area contributed by atoms with Crippen LogP contribution >= 0.6 is 0 Å². The number of hydrogen-bond donors (Lipinski definition) is 1. The number of nitrogens with zero attached hydrogens (tertiary/aromatic N) is 1. The lowest BCUT2D eigenvalue weighted by Gasteiger charge is -2.32. The average Bonchev–Trinajstić information content (AvgIpc) is 3.42. The number of benzene rings is 1. The third kappa shape index (κ3) is 2.90. The van der Waals surface area contributed by atoms with Crippen molar-refractivity contribution in [3.05, 3.63) is 42.0 Å². The lowest BCUT2D eigenvalue weighted by Crippen LogP contribution is -2.48. The van der Waals surface area contributed by atoms with Crippen LogP contribution in [0.3, 0.4) is 0 Å². The monoisotopic (exact) mass is 364 g/mol. The van der Waals surface area contributed by atoms with Gasteiger partial charge in [0.05, 0.1) is 11.8 Å². The first-order valence-corrected chi connectivity index (χ1v) is 10.6. The zero-order valence-corrected chi connectivity index (χ0v) is 15.8. The number of amides is 2. The first-order valence-electron chi connectivity index (χ1n) is 10.6. The minimum atomic E-state index is -0.199. The zero-order valence-electron chi connectivity index (χ0n) is 15.8. The molecule has 4 nitrogen and oxygen atoms in total. The highest BCUT2D eigenvalue weighted by Gasteiger charge is 2.53. The summed E-state index contributed by atoms with van der Waals surface area (Å²) in [4.78, 5) is 28.6. The number of para-hydroxylation sites is 1. The highest BCUT2D eigenvalue weighted by Crippen LogP contribution is 2.49. The molecule has 4 atom stereocenters. The second-order valence-electron chi connectivity index (χ2n) is 8.71. The first kappa shape index (κ1) is 17.0. The summed E-state index contributed by atoms with van der Waals surface area (Å²) in [6.07, 6.45) is 12.1. The van der Waals surface area contributed by atoms with E-state index >= 15 is 0 Å². The molecule has 5 rings (SSSR count). The molecule has 1 aromatic carbocycles. The molecule has 0 spiro atoms. The van der Waals surface area contributed by atoms with Crippen molar-refractivity contribution in [3.63, 3.8) is 0 Å². The predicted octanol–water partition coefficient (Wildman–Crippen LogP) is 3.46. The molecule has 142 valence electrons. The fraction of sp³-hybridized carbons (Fsp3) is 0.565. The van der Waals surface area contributed by atoms with Crippen LogP contribution in [0.2, 0.25) is 0 Å². The molecule has 0 aromatic heterocycles. The Labute approximate surface area is 161 Å². The van der Waals surface area contributed by atoms with E-state index < -0.39 is 0 Å². The maximum Gasteiger partial charge on any atom is 0.231 e. The number of carbonyl (C=O) groups is 2. The van der Waals surface area contributed by atoms with Crippen LogP contribution in [0.4, 0.5) is 5.69 Å². The van der Waals surface area contributed by atoms with Crippen LogP contribution in [-0.4, -0.2) is 24.4 Å². The van der Waals surface area contributed by atoms with Crippen LogP contribution in [0.5, 0.6) is 0 Å². The van der Waals surface area contributed by atoms with Gasteiger partial charge in [0.25, 0.3) is 0 Å². The molecule has 1 aromatic rings. The maximum absolute atomic E-state index is 13.5. The molecule has 3 aliphatic carbocycles. The van der Waals surface area contributed by atoms with Gasteiger partial charge in [0.2, 0.25) is 11.8 Å². The predicted molar refractivity (Wildman–Crippen MR) is 105 cm³/mol. The fourth-order valence-electron chi connectivity index (χ4n) is 5.81. The van der Waals surface area contributed by atoms with Crippen molar-refractivity contribution in [1.82, 2.24) is 5.32 Å². The first-order chi connectivity index (χ1) is 13.2. The molecule has 4 aliphatic rings. The van der Waals surface area contributed by atoms with Gasteiger partial charge in [-0.1, -0.05) is 49.6 Å². The van der Waals surface area contributed by atoms with E-state index in [2.05, 4.69) is 23.5 Å². The average molecular weight is 364 g/mol. The third-order valence-electron chi connectivity index (χ3n) is 7.15. The van der Waals surface area contributed by atoms with E-state index in [4.69, 9.17) is 0 Å². The van der Waals surface area contributed by atoms with Crippen molar-refractivity contribution in [1.29, 1.82) is 0 Å². The summed E-state index contributed by atoms with van der Waals surface area (Å²) in [5.74, 6) is 0.324. The van der Waals surface area contributed by atoms with Gasteiger partial charge >= 0.3 is 0 Å². The van der Waals surface area contributed by atoms with Gasteiger partial charge < -0.3 is 10.2 Å². The van der Waals surface area contributed by atoms with Gasteiger partial charge in [-0.05, 0) is 49.1 Å². The van der Waals surface area contributed by atoms with Crippen LogP contribution in [0, 0.1) is 23.7 Å². The minimum Gasteiger partial charge on any atom is -0.353 e. The maximum atomic E-state index is 13.5. The highest BCUT2D eigenvalue weighted by atomic mass is 16.2. The van der Waals surface area contributed by atoms with Gasteiger partial charge in [-0.2, -0.15) is 0 Å². The van der Waals surface area contributed by atoms with E-state index in [9.17, 15) is 9.59 Å². The molecule has 0 saturated heterocycles. The summed E-state index contributed by atoms with van der Waals surface area (Å²) in [6.45, 7) is 0.743. The highest BCUT2D eigenvalue weighted by molar-refractivity contribution is 6.00. The van der Waals surface area contributed by atoms with Crippen LogP contribution in [0.1, 0.15) is 44.1 Å². The second-order valence-corrected chi connectivity index (χ2v) is 8.71. The van der Waals surface area contributed by atoms with Gasteiger partial charge in [0.15, 0.2) is 0 Å². The third-order valence-corrected chi connectivity index (χ3v) is 7.15. The number of allylic oxidation sites excluding steroid dienone is 2. The van der Waals surface area contributed by atoms with Crippen LogP contribution in [0.15, 0.2) is 36.4 Å². The van der Waals surface area contributed by atoms with E-state index in [0.29, 0.717) is 6.04 Å². The van der Waals surface area contributed by atoms with Gasteiger partial charge in [-0.15, -0.1) is 0 Å². The van der Waals surface area contributed by atoms with Gasteiger partial charge in [0.1, 0.15) is 0 Å². The summed E-state index contributed by atoms with van der Waals surface area (Å²) in [7, 11) is 0. The Kier molecular flexibility index (Phi) is 4.30. The number of anilines is 1. The molecule has 2 amide bonds. The molecule has 0 radical (unpaired) electrons. The Bertz CT molecular complexity index is 780. The van der Waals surface area contributed by atoms with Crippen molar-refractivity contribution in [2.75, 3.05) is 11.4 Å². The minimum absolute atomic E-state index is 0.115. The molecule has 2 saturated carbocycles. The Morgan fingerprint density at radius 2 is 1.70 bits per heavy atom. The van der Waals surface area contributed by atoms with Crippen molar-refractivity contribution >= 4 is 17.5 Å². The largest absolute Gasteiger partial charge is 0.353 e. The Morgan fingerprint density at radius 1 is 0.963 bits per heavy atom. The molecule has 1 N–H and O–H groups in total. The number of fused-ring (bicyclic) bond motifs is 3. The molecular weight excluding hydrogens is 336 g/mol. The van der Waals surface area contributed by atoms with Gasteiger partial charge in [0, 0.05) is 18.3 Å². The molecule has 4 unspecified atom stereocenters. The fourth-order valence-corrected chi connectivity index (χ4v) is 5.81. The Morgan fingerprint density at radius 3 is 2.52 bits per heavy atom. The topological polar surface area (TPSA) is 49.4 Å². The quantitative estimate of drug-likeness (QED) is 0.835. The molecule has 1 heterocycles. The van der Waals surface area contributed by atoms with Crippen molar-refractivity contribution in [3.8, 4) is 0 Å². The number of hydrogen-bond acceptors (Lipinski definition) is 2. The van der Waals surface area contributed by atoms with Crippen molar-refractivity contribution < 1.29 is 9.59 Å². The summed E-state index contributed by atoms with van der Waals surface area (Å²) in [5.41, 5.74) is 2.29. The summed E-state index contributed by atoms with van der Waals surface area (Å²) in [5, 5.41) is 3.30. The Balaban J connectivity index is 1.37. The van der Waals surface area contributed by atoms with Crippen LogP contribution < -0.4 is 10.2 Å². The number of nitrogens with one attached hydrogen (secondary N) is 1. The van der Waals surface area contributed by atoms with Gasteiger partial charge in [-0.25, -0.2) is 0 Å². The normalized spacial score (nSPS) is 31.9. The molecule has 27 heavy (non-hydrogen) atoms. The van der Waals surface area contributed by atoms with E-state index in [1.54, 1.807) is 0 Å².